The van der Waals surface area contributed by atoms with E-state index in [2.05, 4.69) is 28.9 Å². The van der Waals surface area contributed by atoms with Crippen LogP contribution >= 0.6 is 0 Å². The summed E-state index contributed by atoms with van der Waals surface area (Å²) in [6, 6.07) is 8.64. The lowest BCUT2D eigenvalue weighted by Gasteiger charge is -2.40. The molecule has 5 heteroatoms. The predicted octanol–water partition coefficient (Wildman–Crippen LogP) is 1.92. The molecular formula is C16H26N4O. The molecule has 1 fully saturated rings. The van der Waals surface area contributed by atoms with Crippen molar-refractivity contribution in [3.8, 4) is 5.75 Å². The van der Waals surface area contributed by atoms with Gasteiger partial charge in [0.2, 0.25) is 0 Å². The number of methoxy groups -OCH3 is 1. The molecule has 0 saturated carbocycles. The molecule has 0 aliphatic carbocycles. The Balaban J connectivity index is 1.91. The number of nitrogens with two attached hydrogens (primary N) is 1. The maximum atomic E-state index is 7.49. The molecule has 1 heterocycles. The zero-order valence-corrected chi connectivity index (χ0v) is 13.0. The topological polar surface area (TPSA) is 65.6 Å². The lowest BCUT2D eigenvalue weighted by molar-refractivity contribution is 0.184. The molecule has 0 aromatic heterocycles. The van der Waals surface area contributed by atoms with Crippen LogP contribution in [0.1, 0.15) is 19.8 Å². The van der Waals surface area contributed by atoms with Crippen molar-refractivity contribution in [2.24, 2.45) is 5.73 Å². The summed E-state index contributed by atoms with van der Waals surface area (Å²) in [7, 11) is 1.69. The molecule has 0 spiro atoms. The smallest absolute Gasteiger partial charge is 0.119 e. The van der Waals surface area contributed by atoms with Gasteiger partial charge in [0.1, 0.15) is 5.75 Å². The first kappa shape index (κ1) is 15.6. The highest BCUT2D eigenvalue weighted by molar-refractivity contribution is 5.77. The Morgan fingerprint density at radius 2 is 1.86 bits per heavy atom. The van der Waals surface area contributed by atoms with Crippen LogP contribution in [0.15, 0.2) is 24.3 Å². The average molecular weight is 290 g/mol. The fourth-order valence-electron chi connectivity index (χ4n) is 2.92. The number of anilines is 1. The minimum Gasteiger partial charge on any atom is -0.497 e. The van der Waals surface area contributed by atoms with Crippen LogP contribution in [0, 0.1) is 5.41 Å². The van der Waals surface area contributed by atoms with Gasteiger partial charge < -0.3 is 15.4 Å². The molecule has 1 aromatic carbocycles. The van der Waals surface area contributed by atoms with Gasteiger partial charge in [0.05, 0.1) is 12.9 Å². The maximum Gasteiger partial charge on any atom is 0.119 e. The van der Waals surface area contributed by atoms with Gasteiger partial charge in [-0.15, -0.1) is 0 Å². The molecule has 1 atom stereocenters. The van der Waals surface area contributed by atoms with E-state index in [1.807, 2.05) is 12.1 Å². The normalized spacial score (nSPS) is 17.5. The van der Waals surface area contributed by atoms with E-state index in [4.69, 9.17) is 15.9 Å². The molecule has 2 rings (SSSR count). The molecule has 0 amide bonds. The molecule has 1 aliphatic heterocycles. The molecule has 1 unspecified atom stereocenters. The largest absolute Gasteiger partial charge is 0.497 e. The van der Waals surface area contributed by atoms with E-state index in [1.165, 1.54) is 5.69 Å². The van der Waals surface area contributed by atoms with Crippen molar-refractivity contribution in [3.05, 3.63) is 24.3 Å². The van der Waals surface area contributed by atoms with Gasteiger partial charge in [-0.05, 0) is 30.7 Å². The van der Waals surface area contributed by atoms with E-state index in [-0.39, 0.29) is 0 Å². The molecule has 3 N–H and O–H groups in total. The van der Waals surface area contributed by atoms with Crippen LogP contribution in [-0.2, 0) is 0 Å². The van der Waals surface area contributed by atoms with Gasteiger partial charge in [0, 0.05) is 44.3 Å². The quantitative estimate of drug-likeness (QED) is 0.620. The summed E-state index contributed by atoms with van der Waals surface area (Å²) >= 11 is 0. The Morgan fingerprint density at radius 1 is 1.24 bits per heavy atom. The van der Waals surface area contributed by atoms with Gasteiger partial charge in [-0.3, -0.25) is 10.3 Å². The van der Waals surface area contributed by atoms with Crippen LogP contribution in [-0.4, -0.2) is 50.1 Å². The lowest BCUT2D eigenvalue weighted by atomic mass is 10.1. The van der Waals surface area contributed by atoms with Crippen molar-refractivity contribution in [2.45, 2.75) is 25.8 Å². The summed E-state index contributed by atoms with van der Waals surface area (Å²) in [5.41, 5.74) is 6.80. The van der Waals surface area contributed by atoms with Gasteiger partial charge in [-0.2, -0.15) is 0 Å². The van der Waals surface area contributed by atoms with Crippen molar-refractivity contribution in [1.29, 1.82) is 5.41 Å². The first-order chi connectivity index (χ1) is 10.1. The number of nitrogens with zero attached hydrogens (tertiary/aromatic N) is 2. The number of rotatable bonds is 6. The first-order valence-electron chi connectivity index (χ1n) is 7.60. The number of benzene rings is 1. The molecule has 116 valence electrons. The summed E-state index contributed by atoms with van der Waals surface area (Å²) in [6.07, 6.45) is 1.72. The van der Waals surface area contributed by atoms with Crippen molar-refractivity contribution in [2.75, 3.05) is 38.2 Å². The highest BCUT2D eigenvalue weighted by atomic mass is 16.5. The number of hydrogen-bond donors (Lipinski definition) is 2. The molecular weight excluding hydrogens is 264 g/mol. The highest BCUT2D eigenvalue weighted by Gasteiger charge is 2.23. The monoisotopic (exact) mass is 290 g/mol. The minimum absolute atomic E-state index is 0.291. The predicted molar refractivity (Wildman–Crippen MR) is 87.4 cm³/mol. The van der Waals surface area contributed by atoms with E-state index >= 15 is 0 Å². The SMILES string of the molecule is CCC(CC(=N)N)N1CCN(c2ccc(OC)cc2)CC1. The van der Waals surface area contributed by atoms with Crippen LogP contribution in [0.3, 0.4) is 0 Å². The number of amidine groups is 1. The molecule has 0 bridgehead atoms. The van der Waals surface area contributed by atoms with Crippen molar-refractivity contribution in [3.63, 3.8) is 0 Å². The Hall–Kier alpha value is -1.75. The number of ether oxygens (including phenoxy) is 1. The Bertz CT molecular complexity index is 452. The van der Waals surface area contributed by atoms with E-state index in [0.717, 1.165) is 38.3 Å². The standard InChI is InChI=1S/C16H26N4O/c1-3-13(12-16(17)18)19-8-10-20(11-9-19)14-4-6-15(21-2)7-5-14/h4-7,13H,3,8-12H2,1-2H3,(H3,17,18). The van der Waals surface area contributed by atoms with Crippen LogP contribution in [0.4, 0.5) is 5.69 Å². The molecule has 1 aromatic rings. The lowest BCUT2D eigenvalue weighted by Crippen LogP contribution is -2.51. The molecule has 1 saturated heterocycles. The van der Waals surface area contributed by atoms with Gasteiger partial charge in [-0.1, -0.05) is 6.92 Å². The molecule has 5 nitrogen and oxygen atoms in total. The summed E-state index contributed by atoms with van der Waals surface area (Å²) in [6.45, 7) is 6.25. The zero-order chi connectivity index (χ0) is 15.2. The Labute approximate surface area is 127 Å². The van der Waals surface area contributed by atoms with Gasteiger partial charge in [0.15, 0.2) is 0 Å². The fraction of sp³-hybridized carbons (Fsp3) is 0.562. The molecule has 21 heavy (non-hydrogen) atoms. The first-order valence-corrected chi connectivity index (χ1v) is 7.60. The number of hydrogen-bond acceptors (Lipinski definition) is 4. The third kappa shape index (κ3) is 4.11. The molecule has 0 radical (unpaired) electrons. The van der Waals surface area contributed by atoms with E-state index < -0.39 is 0 Å². The second-order valence-electron chi connectivity index (χ2n) is 5.51. The second-order valence-corrected chi connectivity index (χ2v) is 5.51. The van der Waals surface area contributed by atoms with Crippen molar-refractivity contribution >= 4 is 11.5 Å². The summed E-state index contributed by atoms with van der Waals surface area (Å²) in [4.78, 5) is 4.86. The fourth-order valence-corrected chi connectivity index (χ4v) is 2.92. The van der Waals surface area contributed by atoms with Crippen LogP contribution in [0.2, 0.25) is 0 Å². The third-order valence-corrected chi connectivity index (χ3v) is 4.20. The summed E-state index contributed by atoms with van der Waals surface area (Å²) in [5.74, 6) is 1.18. The second kappa shape index (κ2) is 7.31. The van der Waals surface area contributed by atoms with Crippen LogP contribution in [0.5, 0.6) is 5.75 Å². The Morgan fingerprint density at radius 3 is 2.33 bits per heavy atom. The summed E-state index contributed by atoms with van der Waals surface area (Å²) in [5, 5.41) is 7.49. The minimum atomic E-state index is 0.291. The van der Waals surface area contributed by atoms with Crippen LogP contribution < -0.4 is 15.4 Å². The van der Waals surface area contributed by atoms with Gasteiger partial charge >= 0.3 is 0 Å². The number of piperazine rings is 1. The van der Waals surface area contributed by atoms with E-state index in [1.54, 1.807) is 7.11 Å². The van der Waals surface area contributed by atoms with E-state index in [0.29, 0.717) is 18.3 Å². The average Bonchev–Trinajstić information content (AvgIpc) is 2.53. The van der Waals surface area contributed by atoms with Crippen molar-refractivity contribution < 1.29 is 4.74 Å². The van der Waals surface area contributed by atoms with E-state index in [9.17, 15) is 0 Å². The zero-order valence-electron chi connectivity index (χ0n) is 13.0. The van der Waals surface area contributed by atoms with Crippen molar-refractivity contribution in [1.82, 2.24) is 4.90 Å². The Kier molecular flexibility index (Phi) is 5.44. The van der Waals surface area contributed by atoms with Crippen LogP contribution in [0.25, 0.3) is 0 Å². The van der Waals surface area contributed by atoms with Gasteiger partial charge in [-0.25, -0.2) is 0 Å². The number of nitrogens with one attached hydrogen (secondary N) is 1. The summed E-state index contributed by atoms with van der Waals surface area (Å²) < 4.78 is 5.20. The molecule has 1 aliphatic rings. The maximum absolute atomic E-state index is 7.49. The highest BCUT2D eigenvalue weighted by Crippen LogP contribution is 2.21. The third-order valence-electron chi connectivity index (χ3n) is 4.20. The van der Waals surface area contributed by atoms with Gasteiger partial charge in [0.25, 0.3) is 0 Å².